The van der Waals surface area contributed by atoms with Gasteiger partial charge in [-0.3, -0.25) is 9.00 Å². The van der Waals surface area contributed by atoms with Crippen molar-refractivity contribution < 1.29 is 17.4 Å². The summed E-state index contributed by atoms with van der Waals surface area (Å²) in [5.41, 5.74) is 0.850. The van der Waals surface area contributed by atoms with Gasteiger partial charge in [-0.2, -0.15) is 0 Å². The van der Waals surface area contributed by atoms with Crippen LogP contribution in [0.5, 0.6) is 0 Å². The van der Waals surface area contributed by atoms with Crippen LogP contribution in [0.15, 0.2) is 29.2 Å². The average molecular weight is 338 g/mol. The van der Waals surface area contributed by atoms with Gasteiger partial charge in [-0.25, -0.2) is 8.42 Å². The van der Waals surface area contributed by atoms with Gasteiger partial charge in [-0.1, -0.05) is 12.1 Å². The summed E-state index contributed by atoms with van der Waals surface area (Å²) in [7, 11) is 0.580. The Kier molecular flexibility index (Phi) is 6.64. The molecule has 1 atom stereocenters. The predicted octanol–water partition coefficient (Wildman–Crippen LogP) is 1.04. The molecule has 0 bridgehead atoms. The zero-order valence-corrected chi connectivity index (χ0v) is 13.4. The number of carbonyl (C=O) groups is 1. The summed E-state index contributed by atoms with van der Waals surface area (Å²) in [4.78, 5) is 11.5. The van der Waals surface area contributed by atoms with Crippen LogP contribution in [0, 0.1) is 0 Å². The number of nitrogens with one attached hydrogen (secondary N) is 1. The zero-order valence-electron chi connectivity index (χ0n) is 11.0. The first-order valence-electron chi connectivity index (χ1n) is 5.89. The summed E-state index contributed by atoms with van der Waals surface area (Å²) < 4.78 is 32.9. The maximum Gasteiger partial charge on any atom is 0.261 e. The molecule has 0 aliphatic carbocycles. The number of rotatable bonds is 7. The van der Waals surface area contributed by atoms with E-state index >= 15 is 0 Å². The molecule has 1 unspecified atom stereocenters. The molecular weight excluding hydrogens is 322 g/mol. The Balaban J connectivity index is 2.42. The number of amides is 1. The van der Waals surface area contributed by atoms with Gasteiger partial charge in [0.2, 0.25) is 5.91 Å². The summed E-state index contributed by atoms with van der Waals surface area (Å²) in [6.45, 7) is 0.394. The largest absolute Gasteiger partial charge is 0.355 e. The van der Waals surface area contributed by atoms with Crippen molar-refractivity contribution in [1.82, 2.24) is 5.32 Å². The Morgan fingerprint density at radius 3 is 2.40 bits per heavy atom. The summed E-state index contributed by atoms with van der Waals surface area (Å²) in [6.07, 6.45) is 2.38. The van der Waals surface area contributed by atoms with Gasteiger partial charge in [0.25, 0.3) is 9.05 Å². The maximum atomic E-state index is 11.5. The van der Waals surface area contributed by atoms with Crippen molar-refractivity contribution in [1.29, 1.82) is 0 Å². The molecule has 0 heterocycles. The molecule has 8 heteroatoms. The van der Waals surface area contributed by atoms with Crippen LogP contribution < -0.4 is 5.32 Å². The first-order valence-corrected chi connectivity index (χ1v) is 9.93. The van der Waals surface area contributed by atoms with Crippen LogP contribution in [0.2, 0.25) is 0 Å². The molecule has 20 heavy (non-hydrogen) atoms. The summed E-state index contributed by atoms with van der Waals surface area (Å²) in [6, 6.07) is 6.08. The van der Waals surface area contributed by atoms with Crippen LogP contribution >= 0.6 is 10.7 Å². The van der Waals surface area contributed by atoms with E-state index in [1.165, 1.54) is 12.1 Å². The third kappa shape index (κ3) is 6.49. The fourth-order valence-electron chi connectivity index (χ4n) is 1.50. The van der Waals surface area contributed by atoms with Crippen molar-refractivity contribution in [2.45, 2.75) is 17.7 Å². The Hall–Kier alpha value is -0.920. The minimum absolute atomic E-state index is 0.0396. The number of hydrogen-bond acceptors (Lipinski definition) is 4. The van der Waals surface area contributed by atoms with Crippen LogP contribution in [0.4, 0.5) is 0 Å². The fraction of sp³-hybridized carbons (Fsp3) is 0.417. The molecule has 0 radical (unpaired) electrons. The second-order valence-electron chi connectivity index (χ2n) is 4.21. The smallest absolute Gasteiger partial charge is 0.261 e. The van der Waals surface area contributed by atoms with E-state index in [2.05, 4.69) is 5.32 Å². The van der Waals surface area contributed by atoms with Gasteiger partial charge in [0, 0.05) is 46.5 Å². The van der Waals surface area contributed by atoms with Gasteiger partial charge in [-0.15, -0.1) is 0 Å². The lowest BCUT2D eigenvalue weighted by Crippen LogP contribution is -2.27. The minimum Gasteiger partial charge on any atom is -0.355 e. The average Bonchev–Trinajstić information content (AvgIpc) is 2.35. The molecule has 0 aliphatic rings. The molecule has 1 rings (SSSR count). The first kappa shape index (κ1) is 17.1. The molecule has 112 valence electrons. The van der Waals surface area contributed by atoms with Gasteiger partial charge >= 0.3 is 0 Å². The summed E-state index contributed by atoms with van der Waals surface area (Å²) in [5.74, 6) is 0.318. The van der Waals surface area contributed by atoms with Gasteiger partial charge in [-0.05, 0) is 24.1 Å². The molecule has 1 amide bonds. The Morgan fingerprint density at radius 1 is 1.30 bits per heavy atom. The van der Waals surface area contributed by atoms with Crippen molar-refractivity contribution in [3.05, 3.63) is 29.8 Å². The van der Waals surface area contributed by atoms with Crippen molar-refractivity contribution in [2.75, 3.05) is 18.6 Å². The minimum atomic E-state index is -3.71. The Labute approximate surface area is 125 Å². The van der Waals surface area contributed by atoms with Crippen LogP contribution in [0.1, 0.15) is 12.0 Å². The third-order valence-electron chi connectivity index (χ3n) is 2.56. The molecule has 0 spiro atoms. The zero-order chi connectivity index (χ0) is 15.2. The van der Waals surface area contributed by atoms with Crippen LogP contribution in [0.3, 0.4) is 0 Å². The highest BCUT2D eigenvalue weighted by atomic mass is 35.7. The van der Waals surface area contributed by atoms with E-state index in [1.807, 2.05) is 0 Å². The Bertz CT molecular complexity index is 584. The third-order valence-corrected chi connectivity index (χ3v) is 4.71. The van der Waals surface area contributed by atoms with E-state index < -0.39 is 19.9 Å². The van der Waals surface area contributed by atoms with E-state index in [0.29, 0.717) is 25.1 Å². The maximum absolute atomic E-state index is 11.5. The molecular formula is C12H16ClNO4S2. The lowest BCUT2D eigenvalue weighted by atomic mass is 10.1. The van der Waals surface area contributed by atoms with Crippen molar-refractivity contribution >= 4 is 36.4 Å². The van der Waals surface area contributed by atoms with Crippen LogP contribution in [-0.4, -0.2) is 37.1 Å². The predicted molar refractivity (Wildman–Crippen MR) is 79.7 cm³/mol. The van der Waals surface area contributed by atoms with E-state index in [4.69, 9.17) is 10.7 Å². The standard InChI is InChI=1S/C12H16ClNO4S2/c1-19(16)9-8-14-12(15)7-4-10-2-5-11(6-3-10)20(13,17)18/h2-3,5-6H,4,7-9H2,1H3,(H,14,15). The topological polar surface area (TPSA) is 80.3 Å². The van der Waals surface area contributed by atoms with Gasteiger partial charge in [0.1, 0.15) is 0 Å². The molecule has 0 saturated heterocycles. The molecule has 0 saturated carbocycles. The monoisotopic (exact) mass is 337 g/mol. The lowest BCUT2D eigenvalue weighted by molar-refractivity contribution is -0.120. The number of halogens is 1. The van der Waals surface area contributed by atoms with Crippen molar-refractivity contribution in [3.8, 4) is 0 Å². The van der Waals surface area contributed by atoms with Gasteiger partial charge in [0.15, 0.2) is 0 Å². The number of aryl methyl sites for hydroxylation is 1. The molecule has 1 aromatic carbocycles. The van der Waals surface area contributed by atoms with Crippen LogP contribution in [-0.2, 0) is 31.1 Å². The second-order valence-corrected chi connectivity index (χ2v) is 8.33. The van der Waals surface area contributed by atoms with E-state index in [0.717, 1.165) is 5.56 Å². The second kappa shape index (κ2) is 7.75. The summed E-state index contributed by atoms with van der Waals surface area (Å²) in [5, 5.41) is 2.67. The number of carbonyl (C=O) groups excluding carboxylic acids is 1. The molecule has 1 aromatic rings. The number of benzene rings is 1. The van der Waals surface area contributed by atoms with Gasteiger partial charge in [0.05, 0.1) is 4.90 Å². The number of hydrogen-bond donors (Lipinski definition) is 1. The van der Waals surface area contributed by atoms with E-state index in [9.17, 15) is 17.4 Å². The fourth-order valence-corrected chi connectivity index (χ4v) is 2.66. The molecule has 1 N–H and O–H groups in total. The normalized spacial score (nSPS) is 12.9. The lowest BCUT2D eigenvalue weighted by Gasteiger charge is -2.04. The molecule has 0 aromatic heterocycles. The quantitative estimate of drug-likeness (QED) is 0.754. The van der Waals surface area contributed by atoms with Gasteiger partial charge < -0.3 is 5.32 Å². The molecule has 0 fully saturated rings. The van der Waals surface area contributed by atoms with Crippen LogP contribution in [0.25, 0.3) is 0 Å². The van der Waals surface area contributed by atoms with Crippen molar-refractivity contribution in [3.63, 3.8) is 0 Å². The Morgan fingerprint density at radius 2 is 1.90 bits per heavy atom. The van der Waals surface area contributed by atoms with E-state index in [1.54, 1.807) is 18.4 Å². The molecule has 5 nitrogen and oxygen atoms in total. The highest BCUT2D eigenvalue weighted by Gasteiger charge is 2.09. The van der Waals surface area contributed by atoms with E-state index in [-0.39, 0.29) is 10.8 Å². The summed E-state index contributed by atoms with van der Waals surface area (Å²) >= 11 is 0. The van der Waals surface area contributed by atoms with Crippen molar-refractivity contribution in [2.24, 2.45) is 0 Å². The molecule has 0 aliphatic heterocycles. The SMILES string of the molecule is CS(=O)CCNC(=O)CCc1ccc(S(=O)(=O)Cl)cc1. The highest BCUT2D eigenvalue weighted by Crippen LogP contribution is 2.15. The first-order chi connectivity index (χ1) is 9.29. The highest BCUT2D eigenvalue weighted by molar-refractivity contribution is 8.13.